The summed E-state index contributed by atoms with van der Waals surface area (Å²) in [6, 6.07) is 0. The van der Waals surface area contributed by atoms with Crippen molar-refractivity contribution in [3.05, 3.63) is 11.4 Å². The lowest BCUT2D eigenvalue weighted by molar-refractivity contribution is -0.117. The first-order valence-electron chi connectivity index (χ1n) is 5.69. The van der Waals surface area contributed by atoms with Gasteiger partial charge in [0.25, 0.3) is 0 Å². The summed E-state index contributed by atoms with van der Waals surface area (Å²) in [5.41, 5.74) is 2.58. The summed E-state index contributed by atoms with van der Waals surface area (Å²) in [6.45, 7) is 5.78. The van der Waals surface area contributed by atoms with Crippen molar-refractivity contribution in [2.24, 2.45) is 5.92 Å². The topological polar surface area (TPSA) is 69.8 Å². The fraction of sp³-hybridized carbons (Fsp3) is 0.636. The van der Waals surface area contributed by atoms with Gasteiger partial charge in [-0.1, -0.05) is 0 Å². The molecule has 0 spiro atoms. The van der Waals surface area contributed by atoms with E-state index in [0.717, 1.165) is 36.6 Å². The summed E-state index contributed by atoms with van der Waals surface area (Å²) in [5.74, 6) is 0.564. The second-order valence-corrected chi connectivity index (χ2v) is 4.42. The van der Waals surface area contributed by atoms with Gasteiger partial charge in [-0.05, 0) is 39.3 Å². The third-order valence-electron chi connectivity index (χ3n) is 3.03. The Balaban J connectivity index is 1.91. The van der Waals surface area contributed by atoms with Crippen molar-refractivity contribution in [2.45, 2.75) is 26.7 Å². The summed E-state index contributed by atoms with van der Waals surface area (Å²) < 4.78 is 0. The molecular formula is C11H18N4O. The average molecular weight is 222 g/mol. The number of H-pyrrole nitrogens is 1. The first-order chi connectivity index (χ1) is 7.66. The molecule has 3 N–H and O–H groups in total. The normalized spacial score (nSPS) is 20.0. The van der Waals surface area contributed by atoms with Crippen LogP contribution in [-0.4, -0.2) is 29.2 Å². The molecule has 1 amide bonds. The molecule has 1 aromatic heterocycles. The summed E-state index contributed by atoms with van der Waals surface area (Å²) in [7, 11) is 0. The van der Waals surface area contributed by atoms with Crippen LogP contribution in [-0.2, 0) is 4.79 Å². The van der Waals surface area contributed by atoms with E-state index in [1.54, 1.807) is 0 Å². The van der Waals surface area contributed by atoms with Crippen LogP contribution in [0, 0.1) is 19.8 Å². The monoisotopic (exact) mass is 222 g/mol. The number of nitrogens with one attached hydrogen (secondary N) is 3. The van der Waals surface area contributed by atoms with Crippen LogP contribution in [0.15, 0.2) is 0 Å². The highest BCUT2D eigenvalue weighted by Gasteiger charge is 2.19. The molecule has 0 bridgehead atoms. The van der Waals surface area contributed by atoms with Gasteiger partial charge in [0.1, 0.15) is 0 Å². The first kappa shape index (κ1) is 11.1. The van der Waals surface area contributed by atoms with Crippen LogP contribution in [0.25, 0.3) is 0 Å². The Labute approximate surface area is 95.0 Å². The molecule has 0 radical (unpaired) electrons. The number of anilines is 1. The zero-order valence-electron chi connectivity index (χ0n) is 9.76. The summed E-state index contributed by atoms with van der Waals surface area (Å²) in [4.78, 5) is 11.8. The fourth-order valence-corrected chi connectivity index (χ4v) is 2.08. The van der Waals surface area contributed by atoms with E-state index >= 15 is 0 Å². The Morgan fingerprint density at radius 3 is 2.94 bits per heavy atom. The van der Waals surface area contributed by atoms with Gasteiger partial charge in [-0.3, -0.25) is 9.89 Å². The Bertz CT molecular complexity index is 360. The minimum Gasteiger partial charge on any atom is -0.323 e. The van der Waals surface area contributed by atoms with E-state index in [4.69, 9.17) is 0 Å². The summed E-state index contributed by atoms with van der Waals surface area (Å²) >= 11 is 0. The van der Waals surface area contributed by atoms with Gasteiger partial charge in [0, 0.05) is 6.42 Å². The molecule has 2 heterocycles. The van der Waals surface area contributed by atoms with E-state index in [1.807, 2.05) is 13.8 Å². The molecule has 0 aromatic carbocycles. The van der Waals surface area contributed by atoms with E-state index in [0.29, 0.717) is 12.3 Å². The number of rotatable bonds is 3. The standard InChI is InChI=1S/C11H18N4O/c1-7-11(8(2)15-14-7)13-10(16)5-9-3-4-12-6-9/h9,12H,3-6H2,1-2H3,(H,13,16)(H,14,15). The van der Waals surface area contributed by atoms with Gasteiger partial charge in [0.05, 0.1) is 17.1 Å². The molecule has 1 aliphatic heterocycles. The Morgan fingerprint density at radius 2 is 2.38 bits per heavy atom. The van der Waals surface area contributed by atoms with Crippen molar-refractivity contribution in [3.63, 3.8) is 0 Å². The van der Waals surface area contributed by atoms with E-state index in [2.05, 4.69) is 20.8 Å². The third-order valence-corrected chi connectivity index (χ3v) is 3.03. The highest BCUT2D eigenvalue weighted by Crippen LogP contribution is 2.18. The smallest absolute Gasteiger partial charge is 0.224 e. The molecule has 1 atom stereocenters. The maximum atomic E-state index is 11.8. The first-order valence-corrected chi connectivity index (χ1v) is 5.69. The Kier molecular flexibility index (Phi) is 3.24. The van der Waals surface area contributed by atoms with Crippen molar-refractivity contribution in [1.29, 1.82) is 0 Å². The van der Waals surface area contributed by atoms with Crippen LogP contribution in [0.3, 0.4) is 0 Å². The third kappa shape index (κ3) is 2.41. The number of hydrogen-bond acceptors (Lipinski definition) is 3. The van der Waals surface area contributed by atoms with Gasteiger partial charge in [-0.25, -0.2) is 0 Å². The highest BCUT2D eigenvalue weighted by molar-refractivity contribution is 5.92. The molecule has 2 rings (SSSR count). The van der Waals surface area contributed by atoms with Crippen molar-refractivity contribution in [3.8, 4) is 0 Å². The van der Waals surface area contributed by atoms with Crippen LogP contribution in [0.4, 0.5) is 5.69 Å². The van der Waals surface area contributed by atoms with Crippen LogP contribution >= 0.6 is 0 Å². The fourth-order valence-electron chi connectivity index (χ4n) is 2.08. The molecule has 5 nitrogen and oxygen atoms in total. The molecule has 0 saturated carbocycles. The van der Waals surface area contributed by atoms with Crippen molar-refractivity contribution < 1.29 is 4.79 Å². The van der Waals surface area contributed by atoms with Crippen LogP contribution in [0.2, 0.25) is 0 Å². The number of hydrogen-bond donors (Lipinski definition) is 3. The van der Waals surface area contributed by atoms with Crippen LogP contribution in [0.5, 0.6) is 0 Å². The lowest BCUT2D eigenvalue weighted by Crippen LogP contribution is -2.18. The van der Waals surface area contributed by atoms with Gasteiger partial charge in [-0.2, -0.15) is 5.10 Å². The van der Waals surface area contributed by atoms with Gasteiger partial charge in [0.15, 0.2) is 0 Å². The van der Waals surface area contributed by atoms with Crippen LogP contribution in [0.1, 0.15) is 24.2 Å². The summed E-state index contributed by atoms with van der Waals surface area (Å²) in [6.07, 6.45) is 1.69. The maximum absolute atomic E-state index is 11.8. The molecule has 1 aromatic rings. The minimum absolute atomic E-state index is 0.0845. The SMILES string of the molecule is Cc1n[nH]c(C)c1NC(=O)CC1CCNC1. The van der Waals surface area contributed by atoms with Crippen LogP contribution < -0.4 is 10.6 Å². The molecule has 1 aliphatic rings. The Morgan fingerprint density at radius 1 is 1.56 bits per heavy atom. The maximum Gasteiger partial charge on any atom is 0.224 e. The molecule has 16 heavy (non-hydrogen) atoms. The van der Waals surface area contributed by atoms with E-state index in [1.165, 1.54) is 0 Å². The number of amides is 1. The molecule has 88 valence electrons. The number of aromatic nitrogens is 2. The number of carbonyl (C=O) groups excluding carboxylic acids is 1. The molecular weight excluding hydrogens is 204 g/mol. The quantitative estimate of drug-likeness (QED) is 0.713. The highest BCUT2D eigenvalue weighted by atomic mass is 16.1. The minimum atomic E-state index is 0.0845. The number of carbonyl (C=O) groups is 1. The lowest BCUT2D eigenvalue weighted by Gasteiger charge is -2.09. The number of aromatic amines is 1. The Hall–Kier alpha value is -1.36. The molecule has 1 saturated heterocycles. The number of aryl methyl sites for hydroxylation is 2. The van der Waals surface area contributed by atoms with Crippen molar-refractivity contribution >= 4 is 11.6 Å². The van der Waals surface area contributed by atoms with E-state index in [-0.39, 0.29) is 5.91 Å². The van der Waals surface area contributed by atoms with Crippen molar-refractivity contribution in [2.75, 3.05) is 18.4 Å². The van der Waals surface area contributed by atoms with Gasteiger partial charge < -0.3 is 10.6 Å². The number of nitrogens with zero attached hydrogens (tertiary/aromatic N) is 1. The molecule has 0 aliphatic carbocycles. The largest absolute Gasteiger partial charge is 0.323 e. The van der Waals surface area contributed by atoms with Gasteiger partial charge >= 0.3 is 0 Å². The van der Waals surface area contributed by atoms with E-state index < -0.39 is 0 Å². The molecule has 1 fully saturated rings. The second kappa shape index (κ2) is 4.65. The second-order valence-electron chi connectivity index (χ2n) is 4.42. The molecule has 5 heteroatoms. The zero-order chi connectivity index (χ0) is 11.5. The average Bonchev–Trinajstić information content (AvgIpc) is 2.83. The van der Waals surface area contributed by atoms with Gasteiger partial charge in [-0.15, -0.1) is 0 Å². The lowest BCUT2D eigenvalue weighted by atomic mass is 10.0. The van der Waals surface area contributed by atoms with E-state index in [9.17, 15) is 4.79 Å². The predicted octanol–water partition coefficient (Wildman–Crippen LogP) is 0.965. The predicted molar refractivity (Wildman–Crippen MR) is 62.3 cm³/mol. The summed E-state index contributed by atoms with van der Waals surface area (Å²) in [5, 5.41) is 13.1. The van der Waals surface area contributed by atoms with Crippen molar-refractivity contribution in [1.82, 2.24) is 15.5 Å². The molecule has 1 unspecified atom stereocenters. The van der Waals surface area contributed by atoms with Gasteiger partial charge in [0.2, 0.25) is 5.91 Å². The zero-order valence-corrected chi connectivity index (χ0v) is 9.76.